The van der Waals surface area contributed by atoms with Gasteiger partial charge in [0.15, 0.2) is 23.4 Å². The predicted molar refractivity (Wildman–Crippen MR) is 179 cm³/mol. The third kappa shape index (κ3) is 6.01. The Morgan fingerprint density at radius 3 is 2.58 bits per heavy atom. The maximum atomic E-state index is 13.3. The minimum atomic E-state index is -0.611. The number of methoxy groups -OCH3 is 1. The van der Waals surface area contributed by atoms with Gasteiger partial charge < -0.3 is 34.2 Å². The Balaban J connectivity index is 1.07. The highest BCUT2D eigenvalue weighted by Crippen LogP contribution is 2.64. The van der Waals surface area contributed by atoms with Gasteiger partial charge in [-0.2, -0.15) is 0 Å². The average Bonchev–Trinajstić information content (AvgIpc) is 3.40. The van der Waals surface area contributed by atoms with Crippen LogP contribution in [0.2, 0.25) is 0 Å². The Bertz CT molecular complexity index is 1590. The van der Waals surface area contributed by atoms with E-state index in [1.165, 1.54) is 23.0 Å². The Morgan fingerprint density at radius 2 is 1.90 bits per heavy atom. The van der Waals surface area contributed by atoms with Crippen molar-refractivity contribution in [3.63, 3.8) is 0 Å². The van der Waals surface area contributed by atoms with E-state index < -0.39 is 18.2 Å². The SMILES string of the molecule is COc1ccc2c3c1O[C@H]1C(=O)CC[C@H]4C(C2)[N@@+](C)(Cc2ccc(OC(=O)N(C)CCNC(=O)[C@H](CC(C)C)NC(C)=O)cc2)CC[C@]314. The first-order valence-corrected chi connectivity index (χ1v) is 17.2. The van der Waals surface area contributed by atoms with Gasteiger partial charge in [0.25, 0.3) is 0 Å². The molecule has 11 nitrogen and oxygen atoms in total. The lowest BCUT2D eigenvalue weighted by Gasteiger charge is -2.60. The molecule has 1 unspecified atom stereocenters. The maximum Gasteiger partial charge on any atom is 0.415 e. The summed E-state index contributed by atoms with van der Waals surface area (Å²) in [6.45, 7) is 7.63. The summed E-state index contributed by atoms with van der Waals surface area (Å²) >= 11 is 0. The highest BCUT2D eigenvalue weighted by atomic mass is 16.6. The van der Waals surface area contributed by atoms with Crippen molar-refractivity contribution >= 4 is 23.7 Å². The third-order valence-electron chi connectivity index (χ3n) is 11.1. The molecule has 6 rings (SSSR count). The van der Waals surface area contributed by atoms with Crippen molar-refractivity contribution in [2.75, 3.05) is 40.8 Å². The fourth-order valence-electron chi connectivity index (χ4n) is 8.91. The molecule has 2 N–H and O–H groups in total. The molecule has 1 saturated heterocycles. The lowest BCUT2D eigenvalue weighted by atomic mass is 9.51. The molecule has 2 aromatic rings. The van der Waals surface area contributed by atoms with Gasteiger partial charge in [-0.15, -0.1) is 0 Å². The minimum Gasteiger partial charge on any atom is -0.493 e. The number of carbonyl (C=O) groups excluding carboxylic acids is 4. The molecule has 3 amide bonds. The predicted octanol–water partition coefficient (Wildman–Crippen LogP) is 3.75. The van der Waals surface area contributed by atoms with Crippen molar-refractivity contribution in [3.8, 4) is 17.2 Å². The molecule has 0 radical (unpaired) electrons. The van der Waals surface area contributed by atoms with Crippen molar-refractivity contribution in [3.05, 3.63) is 53.1 Å². The molecular formula is C37H49N4O7+. The highest BCUT2D eigenvalue weighted by Gasteiger charge is 2.69. The van der Waals surface area contributed by atoms with Crippen molar-refractivity contribution in [1.82, 2.24) is 15.5 Å². The molecule has 258 valence electrons. The number of benzene rings is 2. The minimum absolute atomic E-state index is 0.213. The smallest absolute Gasteiger partial charge is 0.415 e. The van der Waals surface area contributed by atoms with Crippen LogP contribution < -0.4 is 24.8 Å². The Morgan fingerprint density at radius 1 is 1.15 bits per heavy atom. The number of likely N-dealkylation sites (tertiary alicyclic amines) is 1. The summed E-state index contributed by atoms with van der Waals surface area (Å²) in [4.78, 5) is 51.6. The first-order valence-electron chi connectivity index (χ1n) is 17.2. The molecule has 1 spiro atoms. The molecule has 11 heteroatoms. The molecule has 2 bridgehead atoms. The van der Waals surface area contributed by atoms with E-state index in [-0.39, 0.29) is 42.0 Å². The standard InChI is InChI=1S/C37H48N4O7/c1-22(2)19-28(39-23(3)42)35(44)38-16-17-40(4)36(45)47-26-10-7-24(8-11-26)21-41(5)18-15-37-27-12-13-30(43)34(37)48-33-31(46-6)14-9-25(32(33)37)20-29(27)41/h7-11,14,22,27-29,34H,12-13,15-21H2,1-6H3,(H-,38,39,42,44)/p+1/t27-,28-,29?,34-,37-,41+/m0/s1. The number of Topliss-reactive ketones (excluding diaryl/α,β-unsaturated/α-hetero) is 1. The second-order valence-electron chi connectivity index (χ2n) is 14.8. The first kappa shape index (κ1) is 33.8. The number of nitrogens with zero attached hydrogens (tertiary/aromatic N) is 2. The molecule has 2 aliphatic heterocycles. The van der Waals surface area contributed by atoms with Gasteiger partial charge in [0.2, 0.25) is 11.8 Å². The molecule has 2 fully saturated rings. The van der Waals surface area contributed by atoms with Crippen LogP contribution in [0.5, 0.6) is 17.2 Å². The topological polar surface area (TPSA) is 123 Å². The summed E-state index contributed by atoms with van der Waals surface area (Å²) in [5.74, 6) is 2.23. The molecule has 2 heterocycles. The number of quaternary nitrogens is 1. The van der Waals surface area contributed by atoms with Crippen molar-refractivity contribution in [1.29, 1.82) is 0 Å². The van der Waals surface area contributed by atoms with Crippen LogP contribution in [-0.4, -0.2) is 92.1 Å². The van der Waals surface area contributed by atoms with Crippen LogP contribution in [0.1, 0.15) is 63.1 Å². The summed E-state index contributed by atoms with van der Waals surface area (Å²) < 4.78 is 18.6. The van der Waals surface area contributed by atoms with E-state index in [2.05, 4.69) is 23.7 Å². The van der Waals surface area contributed by atoms with E-state index in [1.54, 1.807) is 14.2 Å². The summed E-state index contributed by atoms with van der Waals surface area (Å²) in [6.07, 6.45) is 2.85. The second-order valence-corrected chi connectivity index (χ2v) is 14.8. The largest absolute Gasteiger partial charge is 0.493 e. The summed E-state index contributed by atoms with van der Waals surface area (Å²) in [5.41, 5.74) is 3.39. The van der Waals surface area contributed by atoms with Gasteiger partial charge in [0.1, 0.15) is 18.3 Å². The number of piperidine rings is 1. The van der Waals surface area contributed by atoms with Gasteiger partial charge in [-0.3, -0.25) is 14.4 Å². The zero-order chi connectivity index (χ0) is 34.4. The molecule has 48 heavy (non-hydrogen) atoms. The number of likely N-dealkylation sites (N-methyl/N-ethyl adjacent to an activating group) is 2. The molecule has 1 saturated carbocycles. The highest BCUT2D eigenvalue weighted by molar-refractivity contribution is 5.89. The van der Waals surface area contributed by atoms with E-state index >= 15 is 0 Å². The fraction of sp³-hybridized carbons (Fsp3) is 0.568. The Labute approximate surface area is 282 Å². The Hall–Kier alpha value is -4.12. The van der Waals surface area contributed by atoms with Crippen LogP contribution in [0, 0.1) is 11.8 Å². The van der Waals surface area contributed by atoms with Gasteiger partial charge in [-0.25, -0.2) is 4.79 Å². The van der Waals surface area contributed by atoms with E-state index in [1.807, 2.05) is 44.2 Å². The van der Waals surface area contributed by atoms with Crippen LogP contribution >= 0.6 is 0 Å². The number of carbonyl (C=O) groups is 4. The summed E-state index contributed by atoms with van der Waals surface area (Å²) in [5, 5.41) is 5.50. The summed E-state index contributed by atoms with van der Waals surface area (Å²) in [6, 6.07) is 11.6. The van der Waals surface area contributed by atoms with Crippen molar-refractivity contribution in [2.24, 2.45) is 11.8 Å². The lowest BCUT2D eigenvalue weighted by molar-refractivity contribution is -0.957. The summed E-state index contributed by atoms with van der Waals surface area (Å²) in [7, 11) is 5.63. The first-order chi connectivity index (χ1) is 22.9. The van der Waals surface area contributed by atoms with Gasteiger partial charge in [-0.05, 0) is 54.7 Å². The monoisotopic (exact) mass is 661 g/mol. The molecule has 4 aliphatic rings. The molecule has 2 aliphatic carbocycles. The maximum absolute atomic E-state index is 13.3. The number of hydrogen-bond donors (Lipinski definition) is 2. The van der Waals surface area contributed by atoms with E-state index in [0.29, 0.717) is 30.6 Å². The quantitative estimate of drug-likeness (QED) is 0.352. The zero-order valence-electron chi connectivity index (χ0n) is 29.0. The normalized spacial score (nSPS) is 27.0. The molecular weight excluding hydrogens is 612 g/mol. The molecule has 0 aromatic heterocycles. The number of ether oxygens (including phenoxy) is 3. The van der Waals surface area contributed by atoms with Gasteiger partial charge in [-0.1, -0.05) is 19.9 Å². The van der Waals surface area contributed by atoms with Crippen LogP contribution in [0.25, 0.3) is 0 Å². The van der Waals surface area contributed by atoms with E-state index in [0.717, 1.165) is 53.9 Å². The van der Waals surface area contributed by atoms with Crippen molar-refractivity contribution < 1.29 is 37.9 Å². The third-order valence-corrected chi connectivity index (χ3v) is 11.1. The van der Waals surface area contributed by atoms with Gasteiger partial charge in [0, 0.05) is 63.4 Å². The average molecular weight is 662 g/mol. The number of ketones is 1. The number of nitrogens with one attached hydrogen (secondary N) is 2. The number of amides is 3. The van der Waals surface area contributed by atoms with E-state index in [9.17, 15) is 19.2 Å². The van der Waals surface area contributed by atoms with Gasteiger partial charge >= 0.3 is 6.09 Å². The molecule has 2 aromatic carbocycles. The molecule has 6 atom stereocenters. The second kappa shape index (κ2) is 13.1. The van der Waals surface area contributed by atoms with Crippen LogP contribution in [0.3, 0.4) is 0 Å². The van der Waals surface area contributed by atoms with Crippen LogP contribution in [-0.2, 0) is 32.8 Å². The Kier molecular flexibility index (Phi) is 9.19. The fourth-order valence-corrected chi connectivity index (χ4v) is 8.91. The van der Waals surface area contributed by atoms with Gasteiger partial charge in [0.05, 0.1) is 32.2 Å². The lowest BCUT2D eigenvalue weighted by Crippen LogP contribution is -2.71. The van der Waals surface area contributed by atoms with Crippen molar-refractivity contribution in [2.45, 2.75) is 83.0 Å². The van der Waals surface area contributed by atoms with Crippen LogP contribution in [0.15, 0.2) is 36.4 Å². The number of hydrogen-bond acceptors (Lipinski definition) is 7. The number of rotatable bonds is 11. The zero-order valence-corrected chi connectivity index (χ0v) is 29.0. The van der Waals surface area contributed by atoms with Crippen LogP contribution in [0.4, 0.5) is 4.79 Å². The van der Waals surface area contributed by atoms with E-state index in [4.69, 9.17) is 14.2 Å².